The molecule has 158 valence electrons. The van der Waals surface area contributed by atoms with E-state index in [9.17, 15) is 4.79 Å². The Bertz CT molecular complexity index is 1310. The summed E-state index contributed by atoms with van der Waals surface area (Å²) in [6.45, 7) is 4.33. The predicted molar refractivity (Wildman–Crippen MR) is 123 cm³/mol. The van der Waals surface area contributed by atoms with Gasteiger partial charge in [0.2, 0.25) is 0 Å². The van der Waals surface area contributed by atoms with Gasteiger partial charge in [0.1, 0.15) is 0 Å². The average Bonchev–Trinajstić information content (AvgIpc) is 3.30. The van der Waals surface area contributed by atoms with Crippen molar-refractivity contribution in [2.45, 2.75) is 38.8 Å². The lowest BCUT2D eigenvalue weighted by Gasteiger charge is -2.32. The first-order chi connectivity index (χ1) is 14.8. The Hall–Kier alpha value is -3.45. The molecule has 3 aromatic heterocycles. The van der Waals surface area contributed by atoms with E-state index in [1.165, 1.54) is 6.20 Å². The van der Waals surface area contributed by atoms with Crippen molar-refractivity contribution < 1.29 is 4.79 Å². The average molecular weight is 415 g/mol. The maximum absolute atomic E-state index is 12.2. The first-order valence-electron chi connectivity index (χ1n) is 10.5. The lowest BCUT2D eigenvalue weighted by molar-refractivity contribution is 0.100. The molecule has 0 spiro atoms. The number of primary amides is 1. The minimum absolute atomic E-state index is 0.101. The fourth-order valence-electron chi connectivity index (χ4n) is 4.59. The molecule has 2 atom stereocenters. The lowest BCUT2D eigenvalue weighted by Crippen LogP contribution is -2.42. The van der Waals surface area contributed by atoms with Gasteiger partial charge in [0.25, 0.3) is 5.91 Å². The third kappa shape index (κ3) is 3.21. The molecule has 5 N–H and O–H groups in total. The number of benzene rings is 1. The molecule has 7 nitrogen and oxygen atoms in total. The lowest BCUT2D eigenvalue weighted by atomic mass is 9.84. The van der Waals surface area contributed by atoms with E-state index in [1.807, 2.05) is 36.5 Å². The Morgan fingerprint density at radius 1 is 1.19 bits per heavy atom. The summed E-state index contributed by atoms with van der Waals surface area (Å²) < 4.78 is 1.79. The van der Waals surface area contributed by atoms with Gasteiger partial charge < -0.3 is 16.8 Å². The number of nitrogens with zero attached hydrogens (tertiary/aromatic N) is 3. The SMILES string of the molecule is CC1(C)[C@H](N)CC[C@H]1Nc1c(C(N)=O)cnn2cc(-c3ccc4ncccc4c3)cc12. The Kier molecular flexibility index (Phi) is 4.44. The summed E-state index contributed by atoms with van der Waals surface area (Å²) in [6, 6.07) is 12.4. The van der Waals surface area contributed by atoms with Crippen molar-refractivity contribution in [2.24, 2.45) is 16.9 Å². The number of anilines is 1. The minimum atomic E-state index is -0.503. The van der Waals surface area contributed by atoms with Crippen molar-refractivity contribution in [1.82, 2.24) is 14.6 Å². The van der Waals surface area contributed by atoms with Crippen LogP contribution in [0.1, 0.15) is 37.0 Å². The number of pyridine rings is 1. The highest BCUT2D eigenvalue weighted by Crippen LogP contribution is 2.40. The van der Waals surface area contributed by atoms with Gasteiger partial charge in [-0.2, -0.15) is 5.10 Å². The Morgan fingerprint density at radius 3 is 2.77 bits per heavy atom. The van der Waals surface area contributed by atoms with Crippen LogP contribution in [0, 0.1) is 5.41 Å². The maximum Gasteiger partial charge on any atom is 0.252 e. The number of carbonyl (C=O) groups excluding carboxylic acids is 1. The van der Waals surface area contributed by atoms with Crippen molar-refractivity contribution in [1.29, 1.82) is 0 Å². The number of nitrogens with one attached hydrogen (secondary N) is 1. The summed E-state index contributed by atoms with van der Waals surface area (Å²) in [7, 11) is 0. The van der Waals surface area contributed by atoms with E-state index >= 15 is 0 Å². The quantitative estimate of drug-likeness (QED) is 0.473. The molecule has 0 unspecified atom stereocenters. The van der Waals surface area contributed by atoms with Gasteiger partial charge in [-0.05, 0) is 48.1 Å². The van der Waals surface area contributed by atoms with E-state index < -0.39 is 5.91 Å². The van der Waals surface area contributed by atoms with Crippen LogP contribution in [0.25, 0.3) is 27.5 Å². The third-order valence-corrected chi connectivity index (χ3v) is 6.78. The molecule has 0 aliphatic heterocycles. The van der Waals surface area contributed by atoms with Crippen molar-refractivity contribution in [2.75, 3.05) is 5.32 Å². The summed E-state index contributed by atoms with van der Waals surface area (Å²) >= 11 is 0. The van der Waals surface area contributed by atoms with Gasteiger partial charge in [0.15, 0.2) is 0 Å². The number of carbonyl (C=O) groups is 1. The second kappa shape index (κ2) is 7.06. The van der Waals surface area contributed by atoms with Gasteiger partial charge in [0.05, 0.1) is 28.5 Å². The number of rotatable bonds is 4. The van der Waals surface area contributed by atoms with Crippen LogP contribution in [0.4, 0.5) is 5.69 Å². The van der Waals surface area contributed by atoms with E-state index in [2.05, 4.69) is 35.3 Å². The molecule has 31 heavy (non-hydrogen) atoms. The zero-order valence-corrected chi connectivity index (χ0v) is 17.7. The molecule has 3 heterocycles. The van der Waals surface area contributed by atoms with Crippen molar-refractivity contribution in [3.8, 4) is 11.1 Å². The highest BCUT2D eigenvalue weighted by atomic mass is 16.1. The molecule has 0 saturated heterocycles. The molecular formula is C24H26N6O. The van der Waals surface area contributed by atoms with Crippen molar-refractivity contribution >= 4 is 28.0 Å². The van der Waals surface area contributed by atoms with E-state index in [4.69, 9.17) is 11.5 Å². The van der Waals surface area contributed by atoms with Crippen LogP contribution in [0.15, 0.2) is 55.0 Å². The van der Waals surface area contributed by atoms with Crippen LogP contribution in [-0.4, -0.2) is 32.6 Å². The molecule has 0 bridgehead atoms. The molecule has 5 rings (SSSR count). The number of hydrogen-bond donors (Lipinski definition) is 3. The minimum Gasteiger partial charge on any atom is -0.379 e. The smallest absolute Gasteiger partial charge is 0.252 e. The fourth-order valence-corrected chi connectivity index (χ4v) is 4.59. The summed E-state index contributed by atoms with van der Waals surface area (Å²) in [4.78, 5) is 16.6. The largest absolute Gasteiger partial charge is 0.379 e. The van der Waals surface area contributed by atoms with Gasteiger partial charge in [0, 0.05) is 35.4 Å². The van der Waals surface area contributed by atoms with Crippen LogP contribution in [0.2, 0.25) is 0 Å². The van der Waals surface area contributed by atoms with Crippen molar-refractivity contribution in [3.63, 3.8) is 0 Å². The molecule has 7 heteroatoms. The summed E-state index contributed by atoms with van der Waals surface area (Å²) in [6.07, 6.45) is 7.17. The molecule has 1 saturated carbocycles. The second-order valence-corrected chi connectivity index (χ2v) is 8.97. The number of hydrogen-bond acceptors (Lipinski definition) is 5. The van der Waals surface area contributed by atoms with E-state index in [-0.39, 0.29) is 17.5 Å². The topological polar surface area (TPSA) is 111 Å². The molecule has 1 aliphatic carbocycles. The molecular weight excluding hydrogens is 388 g/mol. The highest BCUT2D eigenvalue weighted by molar-refractivity contribution is 6.02. The number of aromatic nitrogens is 3. The molecule has 1 aromatic carbocycles. The zero-order valence-electron chi connectivity index (χ0n) is 17.7. The molecule has 1 fully saturated rings. The first-order valence-corrected chi connectivity index (χ1v) is 10.5. The Morgan fingerprint density at radius 2 is 2.03 bits per heavy atom. The van der Waals surface area contributed by atoms with E-state index in [1.54, 1.807) is 10.7 Å². The van der Waals surface area contributed by atoms with E-state index in [0.29, 0.717) is 11.3 Å². The van der Waals surface area contributed by atoms with Gasteiger partial charge in [-0.15, -0.1) is 0 Å². The van der Waals surface area contributed by atoms with Crippen LogP contribution in [0.3, 0.4) is 0 Å². The zero-order chi connectivity index (χ0) is 21.8. The van der Waals surface area contributed by atoms with Crippen LogP contribution < -0.4 is 16.8 Å². The Balaban J connectivity index is 1.62. The summed E-state index contributed by atoms with van der Waals surface area (Å²) in [5.41, 5.74) is 16.9. The first kappa shape index (κ1) is 19.5. The molecule has 1 amide bonds. The normalized spacial score (nSPS) is 20.4. The van der Waals surface area contributed by atoms with Crippen LogP contribution >= 0.6 is 0 Å². The highest BCUT2D eigenvalue weighted by Gasteiger charge is 2.41. The molecule has 4 aromatic rings. The number of amides is 1. The van der Waals surface area contributed by atoms with E-state index in [0.717, 1.165) is 40.4 Å². The maximum atomic E-state index is 12.2. The summed E-state index contributed by atoms with van der Waals surface area (Å²) in [5.74, 6) is -0.503. The van der Waals surface area contributed by atoms with Crippen molar-refractivity contribution in [3.05, 3.63) is 60.6 Å². The monoisotopic (exact) mass is 414 g/mol. The predicted octanol–water partition coefficient (Wildman–Crippen LogP) is 3.58. The van der Waals surface area contributed by atoms with Gasteiger partial charge >= 0.3 is 0 Å². The number of fused-ring (bicyclic) bond motifs is 2. The van der Waals surface area contributed by atoms with Crippen LogP contribution in [-0.2, 0) is 0 Å². The van der Waals surface area contributed by atoms with Gasteiger partial charge in [-0.3, -0.25) is 9.78 Å². The molecule has 0 radical (unpaired) electrons. The molecule has 1 aliphatic rings. The number of nitrogens with two attached hydrogens (primary N) is 2. The Labute approximate surface area is 180 Å². The van der Waals surface area contributed by atoms with Gasteiger partial charge in [-0.25, -0.2) is 4.52 Å². The van der Waals surface area contributed by atoms with Crippen LogP contribution in [0.5, 0.6) is 0 Å². The van der Waals surface area contributed by atoms with Gasteiger partial charge in [-0.1, -0.05) is 26.0 Å². The standard InChI is InChI=1S/C24H26N6O/c1-24(2)20(25)7-8-21(24)29-22-17(23(26)31)12-28-30-13-16(11-19(22)30)14-5-6-18-15(10-14)4-3-9-27-18/h3-6,9-13,20-21,29H,7-8,25H2,1-2H3,(H2,26,31)/t20-,21-/m1/s1. The summed E-state index contributed by atoms with van der Waals surface area (Å²) in [5, 5.41) is 9.10. The fraction of sp³-hybridized carbons (Fsp3) is 0.292. The third-order valence-electron chi connectivity index (χ3n) is 6.78. The second-order valence-electron chi connectivity index (χ2n) is 8.97.